The van der Waals surface area contributed by atoms with Gasteiger partial charge in [-0.3, -0.25) is 0 Å². The van der Waals surface area contributed by atoms with Crippen LogP contribution < -0.4 is 8.92 Å². The highest BCUT2D eigenvalue weighted by atomic mass is 32.2. The standard InChI is InChI=1S/C24H21NO4S/c1-17-4-9-20(10-5-17)21(16-25)14-19-8-13-23(24(15-19)28-3)29-30(26,27)22-11-6-18(2)7-12-22/h4-15H,1-3H3/b21-14+. The molecule has 3 aromatic rings. The van der Waals surface area contributed by atoms with E-state index in [4.69, 9.17) is 8.92 Å². The summed E-state index contributed by atoms with van der Waals surface area (Å²) in [6.45, 7) is 3.85. The van der Waals surface area contributed by atoms with Crippen LogP contribution in [-0.4, -0.2) is 15.5 Å². The Labute approximate surface area is 176 Å². The van der Waals surface area contributed by atoms with Gasteiger partial charge in [0, 0.05) is 0 Å². The number of allylic oxidation sites excluding steroid dienone is 1. The van der Waals surface area contributed by atoms with Crippen molar-refractivity contribution in [1.82, 2.24) is 0 Å². The van der Waals surface area contributed by atoms with Crippen LogP contribution in [0.1, 0.15) is 22.3 Å². The van der Waals surface area contributed by atoms with E-state index in [0.717, 1.165) is 16.7 Å². The van der Waals surface area contributed by atoms with Crippen molar-refractivity contribution in [3.8, 4) is 17.6 Å². The van der Waals surface area contributed by atoms with Gasteiger partial charge in [0.25, 0.3) is 0 Å². The van der Waals surface area contributed by atoms with Gasteiger partial charge < -0.3 is 8.92 Å². The highest BCUT2D eigenvalue weighted by Gasteiger charge is 2.19. The molecular formula is C24H21NO4S. The van der Waals surface area contributed by atoms with Crippen LogP contribution in [-0.2, 0) is 10.1 Å². The first kappa shape index (κ1) is 21.2. The van der Waals surface area contributed by atoms with Gasteiger partial charge in [-0.05, 0) is 55.3 Å². The van der Waals surface area contributed by atoms with E-state index in [1.54, 1.807) is 30.3 Å². The molecule has 152 valence electrons. The summed E-state index contributed by atoms with van der Waals surface area (Å²) >= 11 is 0. The summed E-state index contributed by atoms with van der Waals surface area (Å²) in [7, 11) is -2.57. The average molecular weight is 420 g/mol. The van der Waals surface area contributed by atoms with Crippen molar-refractivity contribution >= 4 is 21.8 Å². The van der Waals surface area contributed by atoms with Crippen LogP contribution >= 0.6 is 0 Å². The molecule has 0 N–H and O–H groups in total. The summed E-state index contributed by atoms with van der Waals surface area (Å²) < 4.78 is 35.8. The van der Waals surface area contributed by atoms with Crippen molar-refractivity contribution < 1.29 is 17.3 Å². The third kappa shape index (κ3) is 4.88. The maximum absolute atomic E-state index is 12.6. The fraction of sp³-hybridized carbons (Fsp3) is 0.125. The molecule has 0 fully saturated rings. The first-order valence-electron chi connectivity index (χ1n) is 9.20. The summed E-state index contributed by atoms with van der Waals surface area (Å²) in [6, 6.07) is 21.1. The molecule has 3 aromatic carbocycles. The number of rotatable bonds is 6. The number of hydrogen-bond donors (Lipinski definition) is 0. The number of nitrogens with zero attached hydrogens (tertiary/aromatic N) is 1. The Bertz CT molecular complexity index is 1220. The number of aryl methyl sites for hydroxylation is 2. The molecule has 0 aromatic heterocycles. The molecule has 0 bridgehead atoms. The topological polar surface area (TPSA) is 76.4 Å². The van der Waals surface area contributed by atoms with Gasteiger partial charge in [-0.25, -0.2) is 0 Å². The molecule has 3 rings (SSSR count). The molecular weight excluding hydrogens is 398 g/mol. The number of hydrogen-bond acceptors (Lipinski definition) is 5. The van der Waals surface area contributed by atoms with Crippen LogP contribution in [0.15, 0.2) is 71.6 Å². The van der Waals surface area contributed by atoms with E-state index < -0.39 is 10.1 Å². The van der Waals surface area contributed by atoms with Gasteiger partial charge in [0.1, 0.15) is 4.90 Å². The van der Waals surface area contributed by atoms with Crippen molar-refractivity contribution in [3.05, 3.63) is 89.0 Å². The molecule has 0 aliphatic heterocycles. The Hall–Kier alpha value is -3.56. The Balaban J connectivity index is 1.92. The van der Waals surface area contributed by atoms with Crippen LogP contribution in [0.25, 0.3) is 11.6 Å². The fourth-order valence-electron chi connectivity index (χ4n) is 2.79. The van der Waals surface area contributed by atoms with Crippen LogP contribution in [0.3, 0.4) is 0 Å². The van der Waals surface area contributed by atoms with E-state index in [0.29, 0.717) is 11.1 Å². The van der Waals surface area contributed by atoms with Crippen molar-refractivity contribution in [2.75, 3.05) is 7.11 Å². The zero-order valence-electron chi connectivity index (χ0n) is 16.9. The lowest BCUT2D eigenvalue weighted by atomic mass is 10.0. The monoisotopic (exact) mass is 419 g/mol. The van der Waals surface area contributed by atoms with E-state index in [9.17, 15) is 13.7 Å². The molecule has 0 saturated carbocycles. The van der Waals surface area contributed by atoms with Crippen LogP contribution in [0.5, 0.6) is 11.5 Å². The van der Waals surface area contributed by atoms with Crippen molar-refractivity contribution in [2.45, 2.75) is 18.7 Å². The molecule has 0 aliphatic rings. The lowest BCUT2D eigenvalue weighted by Gasteiger charge is -2.12. The van der Waals surface area contributed by atoms with Crippen LogP contribution in [0.4, 0.5) is 0 Å². The van der Waals surface area contributed by atoms with Crippen molar-refractivity contribution in [1.29, 1.82) is 5.26 Å². The molecule has 5 nitrogen and oxygen atoms in total. The number of benzene rings is 3. The molecule has 0 aliphatic carbocycles. The fourth-order valence-corrected chi connectivity index (χ4v) is 3.73. The predicted molar refractivity (Wildman–Crippen MR) is 117 cm³/mol. The maximum Gasteiger partial charge on any atom is 0.339 e. The van der Waals surface area contributed by atoms with E-state index in [1.165, 1.54) is 25.3 Å². The second-order valence-corrected chi connectivity index (χ2v) is 8.34. The smallest absolute Gasteiger partial charge is 0.339 e. The summed E-state index contributed by atoms with van der Waals surface area (Å²) in [5.41, 5.74) is 4.02. The first-order valence-corrected chi connectivity index (χ1v) is 10.6. The van der Waals surface area contributed by atoms with Gasteiger partial charge in [-0.2, -0.15) is 13.7 Å². The van der Waals surface area contributed by atoms with E-state index in [-0.39, 0.29) is 16.4 Å². The van der Waals surface area contributed by atoms with Gasteiger partial charge >= 0.3 is 10.1 Å². The van der Waals surface area contributed by atoms with Crippen molar-refractivity contribution in [3.63, 3.8) is 0 Å². The summed E-state index contributed by atoms with van der Waals surface area (Å²) in [5, 5.41) is 9.54. The zero-order chi connectivity index (χ0) is 21.7. The maximum atomic E-state index is 12.6. The van der Waals surface area contributed by atoms with E-state index in [2.05, 4.69) is 6.07 Å². The lowest BCUT2D eigenvalue weighted by molar-refractivity contribution is 0.390. The SMILES string of the molecule is COc1cc(/C=C(\C#N)c2ccc(C)cc2)ccc1OS(=O)(=O)c1ccc(C)cc1. The summed E-state index contributed by atoms with van der Waals surface area (Å²) in [6.07, 6.45) is 1.71. The third-order valence-corrected chi connectivity index (χ3v) is 5.74. The third-order valence-electron chi connectivity index (χ3n) is 4.49. The molecule has 0 spiro atoms. The minimum Gasteiger partial charge on any atom is -0.493 e. The zero-order valence-corrected chi connectivity index (χ0v) is 17.7. The predicted octanol–water partition coefficient (Wildman–Crippen LogP) is 5.14. The van der Waals surface area contributed by atoms with Gasteiger partial charge in [0.2, 0.25) is 0 Å². The Morgan fingerprint density at radius 1 is 0.900 bits per heavy atom. The molecule has 0 amide bonds. The van der Waals surface area contributed by atoms with E-state index in [1.807, 2.05) is 38.1 Å². The molecule has 0 saturated heterocycles. The highest BCUT2D eigenvalue weighted by molar-refractivity contribution is 7.87. The first-order chi connectivity index (χ1) is 14.3. The number of methoxy groups -OCH3 is 1. The normalized spacial score (nSPS) is 11.6. The second-order valence-electron chi connectivity index (χ2n) is 6.80. The highest BCUT2D eigenvalue weighted by Crippen LogP contribution is 2.32. The molecule has 0 atom stereocenters. The van der Waals surface area contributed by atoms with Crippen LogP contribution in [0, 0.1) is 25.2 Å². The van der Waals surface area contributed by atoms with Gasteiger partial charge in [0.05, 0.1) is 18.8 Å². The molecule has 6 heteroatoms. The second kappa shape index (κ2) is 8.85. The minimum absolute atomic E-state index is 0.0604. The van der Waals surface area contributed by atoms with Gasteiger partial charge in [0.15, 0.2) is 11.5 Å². The van der Waals surface area contributed by atoms with E-state index >= 15 is 0 Å². The Kier molecular flexibility index (Phi) is 6.24. The van der Waals surface area contributed by atoms with Gasteiger partial charge in [-0.1, -0.05) is 53.6 Å². The molecule has 30 heavy (non-hydrogen) atoms. The number of ether oxygens (including phenoxy) is 1. The van der Waals surface area contributed by atoms with Crippen LogP contribution in [0.2, 0.25) is 0 Å². The quantitative estimate of drug-likeness (QED) is 0.314. The Morgan fingerprint density at radius 2 is 1.50 bits per heavy atom. The number of nitriles is 1. The summed E-state index contributed by atoms with van der Waals surface area (Å²) in [4.78, 5) is 0.0604. The Morgan fingerprint density at radius 3 is 2.07 bits per heavy atom. The molecule has 0 heterocycles. The average Bonchev–Trinajstić information content (AvgIpc) is 2.73. The molecule has 0 radical (unpaired) electrons. The lowest BCUT2D eigenvalue weighted by Crippen LogP contribution is -2.10. The molecule has 0 unspecified atom stereocenters. The van der Waals surface area contributed by atoms with Gasteiger partial charge in [-0.15, -0.1) is 0 Å². The summed E-state index contributed by atoms with van der Waals surface area (Å²) in [5.74, 6) is 0.324. The minimum atomic E-state index is -4.00. The van der Waals surface area contributed by atoms with Crippen molar-refractivity contribution in [2.24, 2.45) is 0 Å². The largest absolute Gasteiger partial charge is 0.493 e.